The Bertz CT molecular complexity index is 667. The van der Waals surface area contributed by atoms with Crippen molar-refractivity contribution in [3.05, 3.63) is 58.7 Å². The van der Waals surface area contributed by atoms with Crippen LogP contribution >= 0.6 is 0 Å². The average Bonchev–Trinajstić information content (AvgIpc) is 2.74. The standard InChI is InChI=1S/C21H26/c1-20(2,3)18-11-7-9-14-15-10-8-12-19(21(4,5)6)17(15)13-16(14)18/h7-13,18H,1-6H3. The molecule has 0 fully saturated rings. The molecule has 0 radical (unpaired) electrons. The number of benzene rings is 1. The summed E-state index contributed by atoms with van der Waals surface area (Å²) in [7, 11) is 0. The van der Waals surface area contributed by atoms with Crippen LogP contribution in [0.25, 0.3) is 11.6 Å². The van der Waals surface area contributed by atoms with E-state index in [0.29, 0.717) is 5.92 Å². The Hall–Kier alpha value is -1.56. The van der Waals surface area contributed by atoms with E-state index in [1.807, 2.05) is 0 Å². The van der Waals surface area contributed by atoms with Crippen LogP contribution in [0.5, 0.6) is 0 Å². The van der Waals surface area contributed by atoms with Gasteiger partial charge < -0.3 is 0 Å². The monoisotopic (exact) mass is 278 g/mol. The Balaban J connectivity index is 2.19. The summed E-state index contributed by atoms with van der Waals surface area (Å²) < 4.78 is 0. The maximum Gasteiger partial charge on any atom is 0.00760 e. The van der Waals surface area contributed by atoms with Gasteiger partial charge >= 0.3 is 0 Å². The fourth-order valence-corrected chi connectivity index (χ4v) is 3.56. The van der Waals surface area contributed by atoms with E-state index in [2.05, 4.69) is 84.0 Å². The summed E-state index contributed by atoms with van der Waals surface area (Å²) >= 11 is 0. The highest BCUT2D eigenvalue weighted by atomic mass is 14.4. The minimum absolute atomic E-state index is 0.182. The molecule has 0 heterocycles. The van der Waals surface area contributed by atoms with Crippen molar-refractivity contribution < 1.29 is 0 Å². The summed E-state index contributed by atoms with van der Waals surface area (Å²) in [6.45, 7) is 13.9. The van der Waals surface area contributed by atoms with Gasteiger partial charge in [-0.05, 0) is 44.7 Å². The Morgan fingerprint density at radius 3 is 2.29 bits per heavy atom. The van der Waals surface area contributed by atoms with E-state index in [1.165, 1.54) is 27.8 Å². The largest absolute Gasteiger partial charge is 0.0764 e. The molecule has 1 atom stereocenters. The van der Waals surface area contributed by atoms with Gasteiger partial charge in [0.1, 0.15) is 0 Å². The van der Waals surface area contributed by atoms with E-state index in [-0.39, 0.29) is 10.8 Å². The van der Waals surface area contributed by atoms with Crippen LogP contribution in [0.1, 0.15) is 58.2 Å². The predicted molar refractivity (Wildman–Crippen MR) is 93.2 cm³/mol. The Morgan fingerprint density at radius 2 is 1.67 bits per heavy atom. The van der Waals surface area contributed by atoms with E-state index in [0.717, 1.165) is 0 Å². The van der Waals surface area contributed by atoms with Crippen molar-refractivity contribution in [1.29, 1.82) is 0 Å². The first kappa shape index (κ1) is 14.4. The van der Waals surface area contributed by atoms with Gasteiger partial charge in [-0.15, -0.1) is 0 Å². The molecule has 1 aromatic carbocycles. The second-order valence-electron chi connectivity index (χ2n) is 8.43. The molecule has 0 bridgehead atoms. The first-order chi connectivity index (χ1) is 9.69. The third kappa shape index (κ3) is 2.31. The van der Waals surface area contributed by atoms with Crippen LogP contribution < -0.4 is 0 Å². The third-order valence-electron chi connectivity index (χ3n) is 4.65. The summed E-state index contributed by atoms with van der Waals surface area (Å²) in [5, 5.41) is 0. The van der Waals surface area contributed by atoms with E-state index in [9.17, 15) is 0 Å². The zero-order valence-corrected chi connectivity index (χ0v) is 14.1. The number of hydrogen-bond acceptors (Lipinski definition) is 0. The molecular formula is C21H26. The molecule has 110 valence electrons. The number of fused-ring (bicyclic) bond motifs is 3. The van der Waals surface area contributed by atoms with Gasteiger partial charge in [0.2, 0.25) is 0 Å². The first-order valence-electron chi connectivity index (χ1n) is 7.94. The van der Waals surface area contributed by atoms with Gasteiger partial charge in [-0.2, -0.15) is 0 Å². The van der Waals surface area contributed by atoms with Crippen LogP contribution in [-0.2, 0) is 5.41 Å². The highest BCUT2D eigenvalue weighted by Gasteiger charge is 2.34. The molecule has 21 heavy (non-hydrogen) atoms. The fourth-order valence-electron chi connectivity index (χ4n) is 3.56. The van der Waals surface area contributed by atoms with Crippen molar-refractivity contribution >= 4 is 11.6 Å². The van der Waals surface area contributed by atoms with Crippen molar-refractivity contribution in [2.75, 3.05) is 0 Å². The van der Waals surface area contributed by atoms with E-state index in [4.69, 9.17) is 0 Å². The normalized spacial score (nSPS) is 20.8. The second kappa shape index (κ2) is 4.47. The number of hydrogen-bond donors (Lipinski definition) is 0. The lowest BCUT2D eigenvalue weighted by Gasteiger charge is -2.32. The van der Waals surface area contributed by atoms with Gasteiger partial charge in [-0.1, -0.05) is 78.0 Å². The predicted octanol–water partition coefficient (Wildman–Crippen LogP) is 6.00. The summed E-state index contributed by atoms with van der Waals surface area (Å²) in [6.07, 6.45) is 9.33. The van der Waals surface area contributed by atoms with Gasteiger partial charge in [-0.25, -0.2) is 0 Å². The molecule has 0 spiro atoms. The minimum Gasteiger partial charge on any atom is -0.0764 e. The van der Waals surface area contributed by atoms with Crippen LogP contribution in [0.3, 0.4) is 0 Å². The zero-order chi connectivity index (χ0) is 15.4. The number of allylic oxidation sites excluding steroid dienone is 5. The molecule has 3 rings (SSSR count). The Kier molecular flexibility index (Phi) is 3.06. The maximum atomic E-state index is 2.45. The molecule has 1 aromatic rings. The molecular weight excluding hydrogens is 252 g/mol. The third-order valence-corrected chi connectivity index (χ3v) is 4.65. The van der Waals surface area contributed by atoms with Crippen LogP contribution in [0.2, 0.25) is 0 Å². The molecule has 0 saturated carbocycles. The maximum absolute atomic E-state index is 2.45. The molecule has 0 amide bonds. The van der Waals surface area contributed by atoms with E-state index < -0.39 is 0 Å². The quantitative estimate of drug-likeness (QED) is 0.546. The van der Waals surface area contributed by atoms with Gasteiger partial charge in [0.25, 0.3) is 0 Å². The molecule has 0 aliphatic heterocycles. The van der Waals surface area contributed by atoms with E-state index >= 15 is 0 Å². The van der Waals surface area contributed by atoms with Crippen LogP contribution in [0, 0.1) is 11.3 Å². The van der Waals surface area contributed by atoms with Gasteiger partial charge in [-0.3, -0.25) is 0 Å². The summed E-state index contributed by atoms with van der Waals surface area (Å²) in [5.41, 5.74) is 7.67. The van der Waals surface area contributed by atoms with Crippen LogP contribution in [0.15, 0.2) is 42.0 Å². The van der Waals surface area contributed by atoms with Crippen LogP contribution in [-0.4, -0.2) is 0 Å². The van der Waals surface area contributed by atoms with Gasteiger partial charge in [0.15, 0.2) is 0 Å². The first-order valence-corrected chi connectivity index (χ1v) is 7.94. The van der Waals surface area contributed by atoms with Gasteiger partial charge in [0, 0.05) is 5.92 Å². The van der Waals surface area contributed by atoms with Gasteiger partial charge in [0.05, 0.1) is 0 Å². The second-order valence-corrected chi connectivity index (χ2v) is 8.43. The van der Waals surface area contributed by atoms with E-state index in [1.54, 1.807) is 0 Å². The molecule has 1 unspecified atom stereocenters. The molecule has 0 aromatic heterocycles. The van der Waals surface area contributed by atoms with Crippen molar-refractivity contribution in [1.82, 2.24) is 0 Å². The zero-order valence-electron chi connectivity index (χ0n) is 14.1. The minimum atomic E-state index is 0.182. The van der Waals surface area contributed by atoms with Crippen molar-refractivity contribution in [3.8, 4) is 0 Å². The van der Waals surface area contributed by atoms with Crippen molar-refractivity contribution in [3.63, 3.8) is 0 Å². The lowest BCUT2D eigenvalue weighted by atomic mass is 9.72. The lowest BCUT2D eigenvalue weighted by Crippen LogP contribution is -2.21. The SMILES string of the molecule is CC(C)(C)c1cccc2c1C=C1C2=CC=CC1C(C)(C)C. The lowest BCUT2D eigenvalue weighted by molar-refractivity contribution is 0.336. The molecule has 0 N–H and O–H groups in total. The van der Waals surface area contributed by atoms with Crippen LogP contribution in [0.4, 0.5) is 0 Å². The Morgan fingerprint density at radius 1 is 0.952 bits per heavy atom. The molecule has 0 nitrogen and oxygen atoms in total. The van der Waals surface area contributed by atoms with Crippen molar-refractivity contribution in [2.45, 2.75) is 47.0 Å². The average molecular weight is 278 g/mol. The summed E-state index contributed by atoms with van der Waals surface area (Å²) in [5.74, 6) is 0.498. The molecule has 0 saturated heterocycles. The van der Waals surface area contributed by atoms with Crippen molar-refractivity contribution in [2.24, 2.45) is 11.3 Å². The molecule has 2 aliphatic carbocycles. The highest BCUT2D eigenvalue weighted by Crippen LogP contribution is 2.49. The Labute approximate surface area is 129 Å². The molecule has 0 heteroatoms. The highest BCUT2D eigenvalue weighted by molar-refractivity contribution is 5.97. The topological polar surface area (TPSA) is 0 Å². The number of rotatable bonds is 0. The fraction of sp³-hybridized carbons (Fsp3) is 0.429. The smallest absolute Gasteiger partial charge is 0.00760 e. The molecule has 2 aliphatic rings. The summed E-state index contributed by atoms with van der Waals surface area (Å²) in [4.78, 5) is 0. The summed E-state index contributed by atoms with van der Waals surface area (Å²) in [6, 6.07) is 6.77.